The Kier molecular flexibility index (Phi) is 6.52. The maximum absolute atomic E-state index is 11.8. The third-order valence-corrected chi connectivity index (χ3v) is 3.64. The van der Waals surface area contributed by atoms with Gasteiger partial charge in [-0.25, -0.2) is 10.2 Å². The summed E-state index contributed by atoms with van der Waals surface area (Å²) in [5.41, 5.74) is 4.16. The molecule has 6 heteroatoms. The lowest BCUT2D eigenvalue weighted by Crippen LogP contribution is -2.19. The van der Waals surface area contributed by atoms with Gasteiger partial charge in [0.25, 0.3) is 0 Å². The molecule has 0 aliphatic carbocycles. The van der Waals surface area contributed by atoms with Gasteiger partial charge in [-0.15, -0.1) is 0 Å². The Bertz CT molecular complexity index is 960. The smallest absolute Gasteiger partial charge is 0.336 e. The molecule has 1 aromatic heterocycles. The highest BCUT2D eigenvalue weighted by molar-refractivity contribution is 5.88. The summed E-state index contributed by atoms with van der Waals surface area (Å²) in [6, 6.07) is 19.6. The Morgan fingerprint density at radius 2 is 1.79 bits per heavy atom. The fraction of sp³-hybridized carbons (Fsp3) is 0.0455. The summed E-state index contributed by atoms with van der Waals surface area (Å²) in [4.78, 5) is 23.6. The number of ether oxygens (including phenoxy) is 1. The molecule has 0 saturated carbocycles. The van der Waals surface area contributed by atoms with Gasteiger partial charge in [-0.3, -0.25) is 4.79 Å². The summed E-state index contributed by atoms with van der Waals surface area (Å²) < 4.78 is 10.3. The monoisotopic (exact) mass is 374 g/mol. The van der Waals surface area contributed by atoms with Crippen molar-refractivity contribution in [2.24, 2.45) is 5.10 Å². The van der Waals surface area contributed by atoms with E-state index in [1.54, 1.807) is 36.4 Å². The van der Waals surface area contributed by atoms with Crippen LogP contribution < -0.4 is 10.2 Å². The molecule has 1 heterocycles. The van der Waals surface area contributed by atoms with Crippen LogP contribution in [0.4, 0.5) is 0 Å². The number of hydrazone groups is 1. The van der Waals surface area contributed by atoms with Crippen LogP contribution in [0.1, 0.15) is 16.9 Å². The van der Waals surface area contributed by atoms with Gasteiger partial charge in [0.1, 0.15) is 11.5 Å². The molecule has 6 nitrogen and oxygen atoms in total. The predicted molar refractivity (Wildman–Crippen MR) is 106 cm³/mol. The van der Waals surface area contributed by atoms with E-state index in [-0.39, 0.29) is 12.3 Å². The van der Waals surface area contributed by atoms with Gasteiger partial charge in [-0.05, 0) is 53.6 Å². The van der Waals surface area contributed by atoms with E-state index in [0.717, 1.165) is 11.1 Å². The van der Waals surface area contributed by atoms with Crippen molar-refractivity contribution in [3.05, 3.63) is 96.0 Å². The minimum absolute atomic E-state index is 0.198. The van der Waals surface area contributed by atoms with Gasteiger partial charge in [0.15, 0.2) is 0 Å². The lowest BCUT2D eigenvalue weighted by molar-refractivity contribution is -0.129. The van der Waals surface area contributed by atoms with Gasteiger partial charge in [0.2, 0.25) is 5.91 Å². The predicted octanol–water partition coefficient (Wildman–Crippen LogP) is 3.59. The molecule has 0 atom stereocenters. The first-order chi connectivity index (χ1) is 13.7. The van der Waals surface area contributed by atoms with Gasteiger partial charge in [0.05, 0.1) is 18.9 Å². The van der Waals surface area contributed by atoms with Crippen molar-refractivity contribution in [3.63, 3.8) is 0 Å². The largest absolute Gasteiger partial charge is 0.465 e. The molecule has 0 bridgehead atoms. The molecule has 1 amide bonds. The second-order valence-corrected chi connectivity index (χ2v) is 5.79. The number of amides is 1. The molecule has 28 heavy (non-hydrogen) atoms. The van der Waals surface area contributed by atoms with Crippen molar-refractivity contribution in [2.45, 2.75) is 6.42 Å². The van der Waals surface area contributed by atoms with Crippen molar-refractivity contribution in [1.82, 2.24) is 5.43 Å². The van der Waals surface area contributed by atoms with Crippen LogP contribution in [0.2, 0.25) is 0 Å². The highest BCUT2D eigenvalue weighted by atomic mass is 16.5. The quantitative estimate of drug-likeness (QED) is 0.225. The molecule has 3 aromatic rings. The number of furan rings is 1. The van der Waals surface area contributed by atoms with E-state index >= 15 is 0 Å². The van der Waals surface area contributed by atoms with Crippen LogP contribution in [-0.4, -0.2) is 18.1 Å². The fourth-order valence-electron chi connectivity index (χ4n) is 2.31. The number of hydrogen-bond donors (Lipinski definition) is 1. The number of hydrogen-bond acceptors (Lipinski definition) is 5. The van der Waals surface area contributed by atoms with E-state index in [9.17, 15) is 9.59 Å². The summed E-state index contributed by atoms with van der Waals surface area (Å²) in [7, 11) is 0. The molecular formula is C22H18N2O4. The van der Waals surface area contributed by atoms with E-state index in [4.69, 9.17) is 9.15 Å². The molecule has 0 radical (unpaired) electrons. The van der Waals surface area contributed by atoms with Gasteiger partial charge in [0, 0.05) is 6.08 Å². The van der Waals surface area contributed by atoms with E-state index in [1.807, 2.05) is 30.3 Å². The molecule has 140 valence electrons. The van der Waals surface area contributed by atoms with Gasteiger partial charge in [-0.2, -0.15) is 5.10 Å². The van der Waals surface area contributed by atoms with Crippen molar-refractivity contribution < 1.29 is 18.7 Å². The first-order valence-electron chi connectivity index (χ1n) is 8.58. The van der Waals surface area contributed by atoms with Crippen molar-refractivity contribution in [1.29, 1.82) is 0 Å². The average molecular weight is 374 g/mol. The number of rotatable bonds is 7. The first kappa shape index (κ1) is 18.8. The SMILES string of the molecule is O=C(Cc1ccccc1)N/N=C\c1ccc(OC(=O)/C=C\c2ccco2)cc1. The zero-order chi connectivity index (χ0) is 19.6. The summed E-state index contributed by atoms with van der Waals surface area (Å²) in [5, 5.41) is 3.93. The Morgan fingerprint density at radius 1 is 1.00 bits per heavy atom. The summed E-state index contributed by atoms with van der Waals surface area (Å²) >= 11 is 0. The number of nitrogens with zero attached hydrogens (tertiary/aromatic N) is 1. The number of carbonyl (C=O) groups excluding carboxylic acids is 2. The van der Waals surface area contributed by atoms with E-state index in [0.29, 0.717) is 11.5 Å². The van der Waals surface area contributed by atoms with Crippen LogP contribution in [0, 0.1) is 0 Å². The summed E-state index contributed by atoms with van der Waals surface area (Å²) in [5.74, 6) is 0.263. The van der Waals surface area contributed by atoms with Crippen LogP contribution in [0.15, 0.2) is 88.6 Å². The third kappa shape index (κ3) is 6.10. The lowest BCUT2D eigenvalue weighted by atomic mass is 10.1. The van der Waals surface area contributed by atoms with Gasteiger partial charge >= 0.3 is 5.97 Å². The molecule has 0 unspecified atom stereocenters. The average Bonchev–Trinajstić information content (AvgIpc) is 3.22. The minimum Gasteiger partial charge on any atom is -0.465 e. The Balaban J connectivity index is 1.46. The van der Waals surface area contributed by atoms with Gasteiger partial charge in [-0.1, -0.05) is 30.3 Å². The molecule has 0 aliphatic heterocycles. The Hall–Kier alpha value is -3.93. The topological polar surface area (TPSA) is 80.9 Å². The molecule has 2 aromatic carbocycles. The Morgan fingerprint density at radius 3 is 2.50 bits per heavy atom. The second kappa shape index (κ2) is 9.68. The molecule has 0 aliphatic rings. The number of carbonyl (C=O) groups is 2. The van der Waals surface area contributed by atoms with E-state index in [1.165, 1.54) is 24.6 Å². The molecule has 0 spiro atoms. The van der Waals surface area contributed by atoms with Crippen molar-refractivity contribution >= 4 is 24.2 Å². The highest BCUT2D eigenvalue weighted by Gasteiger charge is 2.02. The van der Waals surface area contributed by atoms with E-state index < -0.39 is 5.97 Å². The van der Waals surface area contributed by atoms with Crippen LogP contribution >= 0.6 is 0 Å². The van der Waals surface area contributed by atoms with Crippen molar-refractivity contribution in [2.75, 3.05) is 0 Å². The lowest BCUT2D eigenvalue weighted by Gasteiger charge is -2.02. The fourth-order valence-corrected chi connectivity index (χ4v) is 2.31. The maximum Gasteiger partial charge on any atom is 0.336 e. The van der Waals surface area contributed by atoms with Gasteiger partial charge < -0.3 is 9.15 Å². The zero-order valence-electron chi connectivity index (χ0n) is 14.9. The number of nitrogens with one attached hydrogen (secondary N) is 1. The van der Waals surface area contributed by atoms with Crippen LogP contribution in [0.25, 0.3) is 6.08 Å². The van der Waals surface area contributed by atoms with Crippen molar-refractivity contribution in [3.8, 4) is 5.75 Å². The first-order valence-corrected chi connectivity index (χ1v) is 8.58. The highest BCUT2D eigenvalue weighted by Crippen LogP contribution is 2.12. The van der Waals surface area contributed by atoms with Crippen LogP contribution in [-0.2, 0) is 16.0 Å². The number of benzene rings is 2. The second-order valence-electron chi connectivity index (χ2n) is 5.79. The minimum atomic E-state index is -0.508. The standard InChI is InChI=1S/C22H18N2O4/c25-21(15-17-5-2-1-3-6-17)24-23-16-18-8-10-20(11-9-18)28-22(26)13-12-19-7-4-14-27-19/h1-14,16H,15H2,(H,24,25)/b13-12-,23-16-. The Labute approximate surface area is 162 Å². The number of esters is 1. The zero-order valence-corrected chi connectivity index (χ0v) is 14.9. The van der Waals surface area contributed by atoms with Crippen LogP contribution in [0.5, 0.6) is 5.75 Å². The third-order valence-electron chi connectivity index (χ3n) is 3.64. The normalized spacial score (nSPS) is 11.0. The molecule has 0 fully saturated rings. The summed E-state index contributed by atoms with van der Waals surface area (Å²) in [6.45, 7) is 0. The molecule has 1 N–H and O–H groups in total. The molecule has 0 saturated heterocycles. The van der Waals surface area contributed by atoms with Crippen LogP contribution in [0.3, 0.4) is 0 Å². The molecular weight excluding hydrogens is 356 g/mol. The molecule has 3 rings (SSSR count). The maximum atomic E-state index is 11.8. The van der Waals surface area contributed by atoms with E-state index in [2.05, 4.69) is 10.5 Å². The summed E-state index contributed by atoms with van der Waals surface area (Å²) in [6.07, 6.45) is 6.12.